The maximum absolute atomic E-state index is 12.9. The first-order valence-electron chi connectivity index (χ1n) is 11.2. The number of amides is 2. The maximum atomic E-state index is 12.9. The number of nitrogens with zero attached hydrogens (tertiary/aromatic N) is 3. The lowest BCUT2D eigenvalue weighted by molar-refractivity contribution is -0.132. The molecule has 1 N–H and O–H groups in total. The van der Waals surface area contributed by atoms with Crippen LogP contribution in [-0.2, 0) is 14.8 Å². The van der Waals surface area contributed by atoms with Crippen LogP contribution in [0.15, 0.2) is 53.4 Å². The maximum Gasteiger partial charge on any atom is 0.261 e. The largest absolute Gasteiger partial charge is 0.342 e. The van der Waals surface area contributed by atoms with Crippen LogP contribution in [0.3, 0.4) is 0 Å². The van der Waals surface area contributed by atoms with Crippen molar-refractivity contribution in [2.75, 3.05) is 50.5 Å². The summed E-state index contributed by atoms with van der Waals surface area (Å²) in [5.74, 6) is -0.0311. The van der Waals surface area contributed by atoms with E-state index in [0.717, 1.165) is 5.56 Å². The van der Waals surface area contributed by atoms with Crippen molar-refractivity contribution < 1.29 is 18.0 Å². The Kier molecular flexibility index (Phi) is 8.10. The molecule has 0 aromatic heterocycles. The number of likely N-dealkylation sites (N-methyl/N-ethyl adjacent to an activating group) is 1. The van der Waals surface area contributed by atoms with Crippen molar-refractivity contribution in [1.29, 1.82) is 0 Å². The minimum atomic E-state index is -3.75. The first-order chi connectivity index (χ1) is 15.7. The minimum Gasteiger partial charge on any atom is -0.342 e. The van der Waals surface area contributed by atoms with Crippen LogP contribution >= 0.6 is 0 Å². The van der Waals surface area contributed by atoms with Gasteiger partial charge in [-0.05, 0) is 56.7 Å². The number of aryl methyl sites for hydroxylation is 1. The molecule has 2 amide bonds. The molecule has 0 bridgehead atoms. The lowest BCUT2D eigenvalue weighted by atomic mass is 10.2. The predicted molar refractivity (Wildman–Crippen MR) is 129 cm³/mol. The molecule has 8 nitrogen and oxygen atoms in total. The highest BCUT2D eigenvalue weighted by Gasteiger charge is 2.25. The first-order valence-corrected chi connectivity index (χ1v) is 12.7. The fourth-order valence-corrected chi connectivity index (χ4v) is 4.96. The van der Waals surface area contributed by atoms with E-state index >= 15 is 0 Å². The van der Waals surface area contributed by atoms with E-state index < -0.39 is 10.0 Å². The van der Waals surface area contributed by atoms with E-state index in [-0.39, 0.29) is 16.7 Å². The third-order valence-corrected chi connectivity index (χ3v) is 7.32. The second-order valence-corrected chi connectivity index (χ2v) is 9.76. The molecular weight excluding hydrogens is 440 g/mol. The molecule has 2 aromatic carbocycles. The summed E-state index contributed by atoms with van der Waals surface area (Å²) >= 11 is 0. The summed E-state index contributed by atoms with van der Waals surface area (Å²) in [4.78, 5) is 30.9. The molecule has 178 valence electrons. The van der Waals surface area contributed by atoms with Crippen molar-refractivity contribution in [2.45, 2.75) is 25.7 Å². The van der Waals surface area contributed by atoms with Crippen molar-refractivity contribution in [3.63, 3.8) is 0 Å². The molecule has 3 rings (SSSR count). The summed E-state index contributed by atoms with van der Waals surface area (Å²) < 4.78 is 28.0. The van der Waals surface area contributed by atoms with Gasteiger partial charge in [-0.1, -0.05) is 18.2 Å². The van der Waals surface area contributed by atoms with Gasteiger partial charge in [0, 0.05) is 44.8 Å². The van der Waals surface area contributed by atoms with Crippen LogP contribution in [0.2, 0.25) is 0 Å². The third-order valence-electron chi connectivity index (χ3n) is 5.94. The lowest BCUT2D eigenvalue weighted by Gasteiger charge is -2.35. The van der Waals surface area contributed by atoms with E-state index in [2.05, 4.69) is 9.62 Å². The van der Waals surface area contributed by atoms with Gasteiger partial charge in [0.1, 0.15) is 0 Å². The Morgan fingerprint density at radius 3 is 2.12 bits per heavy atom. The second-order valence-electron chi connectivity index (χ2n) is 8.08. The van der Waals surface area contributed by atoms with E-state index in [1.165, 1.54) is 12.1 Å². The first kappa shape index (κ1) is 24.7. The Hall–Kier alpha value is -2.91. The van der Waals surface area contributed by atoms with Gasteiger partial charge in [-0.25, -0.2) is 8.42 Å². The molecule has 1 fully saturated rings. The predicted octanol–water partition coefficient (Wildman–Crippen LogP) is 2.42. The average Bonchev–Trinajstić information content (AvgIpc) is 2.81. The number of para-hydroxylation sites is 1. The molecule has 0 saturated carbocycles. The van der Waals surface area contributed by atoms with Crippen molar-refractivity contribution in [2.24, 2.45) is 0 Å². The Balaban J connectivity index is 1.58. The Morgan fingerprint density at radius 1 is 0.939 bits per heavy atom. The number of piperazine rings is 1. The molecule has 1 saturated heterocycles. The van der Waals surface area contributed by atoms with Gasteiger partial charge in [0.05, 0.1) is 17.1 Å². The molecule has 33 heavy (non-hydrogen) atoms. The number of hydrogen-bond acceptors (Lipinski definition) is 5. The highest BCUT2D eigenvalue weighted by molar-refractivity contribution is 7.92. The Bertz CT molecular complexity index is 1070. The number of nitrogens with one attached hydrogen (secondary N) is 1. The van der Waals surface area contributed by atoms with E-state index in [9.17, 15) is 18.0 Å². The molecule has 0 spiro atoms. The van der Waals surface area contributed by atoms with Crippen molar-refractivity contribution in [1.82, 2.24) is 14.7 Å². The van der Waals surface area contributed by atoms with Crippen molar-refractivity contribution >= 4 is 27.5 Å². The standard InChI is InChI=1S/C24H32N4O4S/c1-4-27(5-2)23(29)18-26-14-16-28(17-15-26)24(30)20-10-12-21(13-11-20)33(31,32)25-22-9-7-6-8-19(22)3/h6-13,25H,4-5,14-18H2,1-3H3. The minimum absolute atomic E-state index is 0.0991. The molecule has 0 atom stereocenters. The molecule has 2 aromatic rings. The number of rotatable bonds is 8. The SMILES string of the molecule is CCN(CC)C(=O)CN1CCN(C(=O)c2ccc(S(=O)(=O)Nc3ccccc3C)cc2)CC1. The quantitative estimate of drug-likeness (QED) is 0.637. The van der Waals surface area contributed by atoms with Gasteiger partial charge in [0.2, 0.25) is 5.91 Å². The van der Waals surface area contributed by atoms with Crippen LogP contribution in [0.1, 0.15) is 29.8 Å². The van der Waals surface area contributed by atoms with Gasteiger partial charge in [-0.15, -0.1) is 0 Å². The number of anilines is 1. The Morgan fingerprint density at radius 2 is 1.55 bits per heavy atom. The monoisotopic (exact) mass is 472 g/mol. The molecule has 1 aliphatic rings. The molecule has 1 heterocycles. The van der Waals surface area contributed by atoms with Crippen LogP contribution in [0, 0.1) is 6.92 Å². The van der Waals surface area contributed by atoms with E-state index in [1.807, 2.05) is 32.9 Å². The summed E-state index contributed by atoms with van der Waals surface area (Å²) in [6, 6.07) is 13.1. The summed E-state index contributed by atoms with van der Waals surface area (Å²) in [7, 11) is -3.75. The van der Waals surface area contributed by atoms with Crippen LogP contribution < -0.4 is 4.72 Å². The van der Waals surface area contributed by atoms with Gasteiger partial charge in [-0.3, -0.25) is 19.2 Å². The van der Waals surface area contributed by atoms with E-state index in [0.29, 0.717) is 57.1 Å². The normalized spacial score (nSPS) is 14.7. The van der Waals surface area contributed by atoms with E-state index in [1.54, 1.807) is 34.1 Å². The highest BCUT2D eigenvalue weighted by atomic mass is 32.2. The van der Waals surface area contributed by atoms with Gasteiger partial charge >= 0.3 is 0 Å². The van der Waals surface area contributed by atoms with Gasteiger partial charge in [0.25, 0.3) is 15.9 Å². The van der Waals surface area contributed by atoms with E-state index in [4.69, 9.17) is 0 Å². The van der Waals surface area contributed by atoms with Gasteiger partial charge in [-0.2, -0.15) is 0 Å². The fourth-order valence-electron chi connectivity index (χ4n) is 3.83. The second kappa shape index (κ2) is 10.8. The molecule has 0 aliphatic carbocycles. The molecule has 9 heteroatoms. The zero-order chi connectivity index (χ0) is 24.0. The number of hydrogen-bond donors (Lipinski definition) is 1. The number of carbonyl (C=O) groups excluding carboxylic acids is 2. The van der Waals surface area contributed by atoms with Crippen molar-refractivity contribution in [3.8, 4) is 0 Å². The lowest BCUT2D eigenvalue weighted by Crippen LogP contribution is -2.51. The summed E-state index contributed by atoms with van der Waals surface area (Å²) in [5.41, 5.74) is 1.79. The summed E-state index contributed by atoms with van der Waals surface area (Å²) in [6.07, 6.45) is 0. The van der Waals surface area contributed by atoms with Crippen molar-refractivity contribution in [3.05, 3.63) is 59.7 Å². The zero-order valence-corrected chi connectivity index (χ0v) is 20.3. The van der Waals surface area contributed by atoms with Crippen LogP contribution in [-0.4, -0.2) is 80.7 Å². The molecule has 0 radical (unpaired) electrons. The van der Waals surface area contributed by atoms with Gasteiger partial charge < -0.3 is 9.80 Å². The Labute approximate surface area is 196 Å². The van der Waals surface area contributed by atoms with Crippen LogP contribution in [0.4, 0.5) is 5.69 Å². The molecular formula is C24H32N4O4S. The summed E-state index contributed by atoms with van der Waals surface area (Å²) in [5, 5.41) is 0. The van der Waals surface area contributed by atoms with Crippen LogP contribution in [0.25, 0.3) is 0 Å². The molecule has 1 aliphatic heterocycles. The highest BCUT2D eigenvalue weighted by Crippen LogP contribution is 2.20. The number of carbonyl (C=O) groups is 2. The summed E-state index contributed by atoms with van der Waals surface area (Å²) in [6.45, 7) is 9.83. The topological polar surface area (TPSA) is 90.0 Å². The van der Waals surface area contributed by atoms with Gasteiger partial charge in [0.15, 0.2) is 0 Å². The van der Waals surface area contributed by atoms with Crippen LogP contribution in [0.5, 0.6) is 0 Å². The number of benzene rings is 2. The fraction of sp³-hybridized carbons (Fsp3) is 0.417. The zero-order valence-electron chi connectivity index (χ0n) is 19.5. The smallest absolute Gasteiger partial charge is 0.261 e. The number of sulfonamides is 1. The third kappa shape index (κ3) is 6.11. The average molecular weight is 473 g/mol. The molecule has 0 unspecified atom stereocenters.